The molecule has 1 fully saturated rings. The lowest BCUT2D eigenvalue weighted by Gasteiger charge is -2.06. The van der Waals surface area contributed by atoms with E-state index in [2.05, 4.69) is 0 Å². The SMILES string of the molecule is O=C(C[C@H]1C[C@@H]1c1ccc(F)cc1)On1ccccc1=S. The lowest BCUT2D eigenvalue weighted by Crippen LogP contribution is -2.20. The summed E-state index contributed by atoms with van der Waals surface area (Å²) >= 11 is 5.06. The Hall–Kier alpha value is -2.01. The fourth-order valence-electron chi connectivity index (χ4n) is 2.44. The number of nitrogens with zero attached hydrogens (tertiary/aromatic N) is 1. The predicted octanol–water partition coefficient (Wildman–Crippen LogP) is 3.51. The van der Waals surface area contributed by atoms with Gasteiger partial charge in [-0.05, 0) is 48.1 Å². The second-order valence-corrected chi connectivity index (χ2v) is 5.60. The zero-order valence-electron chi connectivity index (χ0n) is 11.2. The normalized spacial score (nSPS) is 20.0. The number of pyridine rings is 1. The van der Waals surface area contributed by atoms with Gasteiger partial charge >= 0.3 is 5.97 Å². The largest absolute Gasteiger partial charge is 0.336 e. The highest BCUT2D eigenvalue weighted by Gasteiger charge is 2.40. The van der Waals surface area contributed by atoms with E-state index in [0.717, 1.165) is 12.0 Å². The molecule has 5 heteroatoms. The summed E-state index contributed by atoms with van der Waals surface area (Å²) in [5.74, 6) is 0.0449. The van der Waals surface area contributed by atoms with E-state index in [0.29, 0.717) is 17.0 Å². The first-order valence-electron chi connectivity index (χ1n) is 6.78. The molecule has 1 aliphatic rings. The van der Waals surface area contributed by atoms with Crippen LogP contribution in [0.2, 0.25) is 0 Å². The third-order valence-electron chi connectivity index (χ3n) is 3.64. The average molecular weight is 303 g/mol. The van der Waals surface area contributed by atoms with E-state index in [1.165, 1.54) is 16.9 Å². The maximum Gasteiger partial charge on any atom is 0.333 e. The predicted molar refractivity (Wildman–Crippen MR) is 78.7 cm³/mol. The molecule has 0 unspecified atom stereocenters. The fraction of sp³-hybridized carbons (Fsp3) is 0.250. The molecule has 0 N–H and O–H groups in total. The molecular weight excluding hydrogens is 289 g/mol. The molecule has 21 heavy (non-hydrogen) atoms. The summed E-state index contributed by atoms with van der Waals surface area (Å²) in [7, 11) is 0. The number of benzene rings is 1. The van der Waals surface area contributed by atoms with Crippen LogP contribution < -0.4 is 4.84 Å². The summed E-state index contributed by atoms with van der Waals surface area (Å²) < 4.78 is 14.6. The summed E-state index contributed by atoms with van der Waals surface area (Å²) in [6.07, 6.45) is 2.89. The monoisotopic (exact) mass is 303 g/mol. The molecule has 2 aromatic rings. The van der Waals surface area contributed by atoms with Crippen LogP contribution in [0, 0.1) is 16.4 Å². The highest BCUT2D eigenvalue weighted by Crippen LogP contribution is 2.49. The van der Waals surface area contributed by atoms with Crippen LogP contribution in [0.25, 0.3) is 0 Å². The standard InChI is InChI=1S/C16H14FNO2S/c17-13-6-4-11(5-7-13)14-9-12(14)10-16(19)20-18-8-2-1-3-15(18)21/h1-8,12,14H,9-10H2/t12-,14-/m1/s1. The molecule has 0 bridgehead atoms. The van der Waals surface area contributed by atoms with Crippen LogP contribution in [-0.2, 0) is 4.79 Å². The average Bonchev–Trinajstić information content (AvgIpc) is 3.21. The Labute approximate surface area is 126 Å². The van der Waals surface area contributed by atoms with Crippen molar-refractivity contribution in [2.75, 3.05) is 0 Å². The number of aromatic nitrogens is 1. The molecule has 1 aromatic heterocycles. The summed E-state index contributed by atoms with van der Waals surface area (Å²) in [4.78, 5) is 17.1. The van der Waals surface area contributed by atoms with Gasteiger partial charge in [0.1, 0.15) is 10.5 Å². The maximum atomic E-state index is 12.9. The molecule has 1 saturated carbocycles. The number of carbonyl (C=O) groups is 1. The van der Waals surface area contributed by atoms with Crippen LogP contribution in [0.15, 0.2) is 48.7 Å². The van der Waals surface area contributed by atoms with E-state index >= 15 is 0 Å². The molecule has 3 rings (SSSR count). The highest BCUT2D eigenvalue weighted by atomic mass is 32.1. The number of carbonyl (C=O) groups excluding carboxylic acids is 1. The van der Waals surface area contributed by atoms with Crippen LogP contribution in [0.3, 0.4) is 0 Å². The molecule has 3 nitrogen and oxygen atoms in total. The topological polar surface area (TPSA) is 31.2 Å². The lowest BCUT2D eigenvalue weighted by molar-refractivity contribution is -0.144. The summed E-state index contributed by atoms with van der Waals surface area (Å²) in [6, 6.07) is 11.7. The van der Waals surface area contributed by atoms with Crippen LogP contribution in [0.5, 0.6) is 0 Å². The maximum absolute atomic E-state index is 12.9. The van der Waals surface area contributed by atoms with Crippen LogP contribution >= 0.6 is 12.2 Å². The Balaban J connectivity index is 1.57. The van der Waals surface area contributed by atoms with Gasteiger partial charge in [-0.15, -0.1) is 0 Å². The van der Waals surface area contributed by atoms with Crippen LogP contribution in [0.1, 0.15) is 24.3 Å². The Morgan fingerprint density at radius 3 is 2.76 bits per heavy atom. The molecule has 0 spiro atoms. The number of hydrogen-bond acceptors (Lipinski definition) is 3. The molecule has 108 valence electrons. The van der Waals surface area contributed by atoms with Gasteiger partial charge in [0.25, 0.3) is 0 Å². The van der Waals surface area contributed by atoms with E-state index < -0.39 is 0 Å². The van der Waals surface area contributed by atoms with E-state index in [1.54, 1.807) is 36.5 Å². The molecule has 2 atom stereocenters. The van der Waals surface area contributed by atoms with Crippen molar-refractivity contribution in [3.63, 3.8) is 0 Å². The number of rotatable bonds is 4. The van der Waals surface area contributed by atoms with Gasteiger partial charge in [0.15, 0.2) is 0 Å². The summed E-state index contributed by atoms with van der Waals surface area (Å²) in [5, 5.41) is 0. The number of hydrogen-bond donors (Lipinski definition) is 0. The van der Waals surface area contributed by atoms with Gasteiger partial charge in [0, 0.05) is 6.20 Å². The van der Waals surface area contributed by atoms with Gasteiger partial charge in [-0.3, -0.25) is 0 Å². The molecule has 1 heterocycles. The van der Waals surface area contributed by atoms with Crippen molar-refractivity contribution in [1.82, 2.24) is 4.73 Å². The second kappa shape index (κ2) is 5.77. The summed E-state index contributed by atoms with van der Waals surface area (Å²) in [6.45, 7) is 0. The van der Waals surface area contributed by atoms with Crippen molar-refractivity contribution < 1.29 is 14.0 Å². The summed E-state index contributed by atoms with van der Waals surface area (Å²) in [5.41, 5.74) is 1.07. The first kappa shape index (κ1) is 13.9. The number of halogens is 1. The van der Waals surface area contributed by atoms with E-state index in [-0.39, 0.29) is 17.7 Å². The zero-order chi connectivity index (χ0) is 14.8. The van der Waals surface area contributed by atoms with Gasteiger partial charge in [-0.25, -0.2) is 9.18 Å². The second-order valence-electron chi connectivity index (χ2n) is 5.19. The highest BCUT2D eigenvalue weighted by molar-refractivity contribution is 7.71. The van der Waals surface area contributed by atoms with E-state index in [1.807, 2.05) is 0 Å². The minimum atomic E-state index is -0.299. The van der Waals surface area contributed by atoms with Crippen LogP contribution in [0.4, 0.5) is 4.39 Å². The lowest BCUT2D eigenvalue weighted by atomic mass is 10.1. The quantitative estimate of drug-likeness (QED) is 0.810. The Bertz CT molecular complexity index is 711. The molecule has 0 saturated heterocycles. The van der Waals surface area contributed by atoms with Crippen molar-refractivity contribution in [1.29, 1.82) is 0 Å². The first-order chi connectivity index (χ1) is 10.1. The molecule has 0 radical (unpaired) electrons. The van der Waals surface area contributed by atoms with Gasteiger partial charge in [-0.2, -0.15) is 4.73 Å². The van der Waals surface area contributed by atoms with Gasteiger partial charge in [0.2, 0.25) is 0 Å². The minimum Gasteiger partial charge on any atom is -0.336 e. The molecule has 1 aromatic carbocycles. The van der Waals surface area contributed by atoms with Crippen molar-refractivity contribution in [2.45, 2.75) is 18.8 Å². The van der Waals surface area contributed by atoms with Crippen LogP contribution in [-0.4, -0.2) is 10.7 Å². The van der Waals surface area contributed by atoms with Crippen molar-refractivity contribution >= 4 is 18.2 Å². The fourth-order valence-corrected chi connectivity index (χ4v) is 2.62. The Morgan fingerprint density at radius 2 is 2.05 bits per heavy atom. The van der Waals surface area contributed by atoms with E-state index in [9.17, 15) is 9.18 Å². The van der Waals surface area contributed by atoms with Gasteiger partial charge in [0.05, 0.1) is 6.42 Å². The van der Waals surface area contributed by atoms with E-state index in [4.69, 9.17) is 17.1 Å². The molecular formula is C16H14FNO2S. The molecule has 0 amide bonds. The zero-order valence-corrected chi connectivity index (χ0v) is 12.1. The minimum absolute atomic E-state index is 0.242. The van der Waals surface area contributed by atoms with Crippen molar-refractivity contribution in [3.05, 3.63) is 64.7 Å². The van der Waals surface area contributed by atoms with Gasteiger partial charge in [-0.1, -0.05) is 30.4 Å². The molecule has 0 aliphatic heterocycles. The van der Waals surface area contributed by atoms with Crippen molar-refractivity contribution in [2.24, 2.45) is 5.92 Å². The van der Waals surface area contributed by atoms with Crippen molar-refractivity contribution in [3.8, 4) is 0 Å². The molecule has 1 aliphatic carbocycles. The smallest absolute Gasteiger partial charge is 0.333 e. The third-order valence-corrected chi connectivity index (χ3v) is 3.95. The first-order valence-corrected chi connectivity index (χ1v) is 7.18. The Kier molecular flexibility index (Phi) is 3.84. The Morgan fingerprint density at radius 1 is 1.29 bits per heavy atom. The van der Waals surface area contributed by atoms with Gasteiger partial charge < -0.3 is 4.84 Å². The third kappa shape index (κ3) is 3.36.